The van der Waals surface area contributed by atoms with E-state index in [2.05, 4.69) is 15.3 Å². The van der Waals surface area contributed by atoms with Crippen LogP contribution in [0.3, 0.4) is 0 Å². The monoisotopic (exact) mass is 333 g/mol. The fourth-order valence-electron chi connectivity index (χ4n) is 2.75. The molecule has 6 heteroatoms. The standard InChI is InChI=1S/C19H12FN3O2/c20-12-3-1-4-13(10-12)22-18-15-5-2-8-21-17(15)14-7-6-11(19(24)25)9-16(14)23-18/h1-10H,(H,22,23)(H,24,25). The predicted octanol–water partition coefficient (Wildman–Crippen LogP) is 4.36. The fraction of sp³-hybridized carbons (Fsp3) is 0. The van der Waals surface area contributed by atoms with Gasteiger partial charge >= 0.3 is 5.97 Å². The molecule has 0 aliphatic rings. The summed E-state index contributed by atoms with van der Waals surface area (Å²) >= 11 is 0. The molecule has 0 unspecified atom stereocenters. The molecule has 0 spiro atoms. The van der Waals surface area contributed by atoms with Gasteiger partial charge in [-0.2, -0.15) is 0 Å². The molecular weight excluding hydrogens is 321 g/mol. The third kappa shape index (κ3) is 2.74. The van der Waals surface area contributed by atoms with Gasteiger partial charge in [0.1, 0.15) is 11.6 Å². The minimum absolute atomic E-state index is 0.145. The van der Waals surface area contributed by atoms with Gasteiger partial charge in [-0.05, 0) is 48.5 Å². The van der Waals surface area contributed by atoms with Gasteiger partial charge in [-0.25, -0.2) is 14.2 Å². The van der Waals surface area contributed by atoms with Crippen molar-refractivity contribution in [2.24, 2.45) is 0 Å². The van der Waals surface area contributed by atoms with Gasteiger partial charge in [-0.3, -0.25) is 4.98 Å². The first-order valence-electron chi connectivity index (χ1n) is 7.56. The zero-order chi connectivity index (χ0) is 17.4. The first-order valence-corrected chi connectivity index (χ1v) is 7.56. The minimum Gasteiger partial charge on any atom is -0.478 e. The number of carbonyl (C=O) groups is 1. The lowest BCUT2D eigenvalue weighted by molar-refractivity contribution is 0.0697. The molecule has 0 saturated carbocycles. The highest BCUT2D eigenvalue weighted by Gasteiger charge is 2.12. The van der Waals surface area contributed by atoms with Crippen molar-refractivity contribution < 1.29 is 14.3 Å². The van der Waals surface area contributed by atoms with Crippen LogP contribution < -0.4 is 5.32 Å². The number of hydrogen-bond acceptors (Lipinski definition) is 4. The van der Waals surface area contributed by atoms with Crippen molar-refractivity contribution in [2.45, 2.75) is 0 Å². The molecule has 5 nitrogen and oxygen atoms in total. The average molecular weight is 333 g/mol. The Balaban J connectivity index is 1.96. The number of fused-ring (bicyclic) bond motifs is 3. The number of pyridine rings is 2. The highest BCUT2D eigenvalue weighted by atomic mass is 19.1. The molecule has 4 rings (SSSR count). The highest BCUT2D eigenvalue weighted by molar-refractivity contribution is 6.09. The van der Waals surface area contributed by atoms with Crippen molar-refractivity contribution in [3.63, 3.8) is 0 Å². The van der Waals surface area contributed by atoms with Crippen LogP contribution >= 0.6 is 0 Å². The number of hydrogen-bond donors (Lipinski definition) is 2. The smallest absolute Gasteiger partial charge is 0.335 e. The van der Waals surface area contributed by atoms with Gasteiger partial charge in [0.25, 0.3) is 0 Å². The molecule has 2 heterocycles. The summed E-state index contributed by atoms with van der Waals surface area (Å²) in [6.07, 6.45) is 1.67. The van der Waals surface area contributed by atoms with E-state index in [1.165, 1.54) is 24.3 Å². The number of carboxylic acid groups (broad SMARTS) is 1. The molecule has 25 heavy (non-hydrogen) atoms. The van der Waals surface area contributed by atoms with Crippen molar-refractivity contribution in [1.82, 2.24) is 9.97 Å². The van der Waals surface area contributed by atoms with Crippen LogP contribution in [0.5, 0.6) is 0 Å². The Labute approximate surface area is 141 Å². The van der Waals surface area contributed by atoms with E-state index in [0.717, 1.165) is 10.8 Å². The van der Waals surface area contributed by atoms with Crippen molar-refractivity contribution in [2.75, 3.05) is 5.32 Å². The van der Waals surface area contributed by atoms with Crippen LogP contribution in [0.1, 0.15) is 10.4 Å². The van der Waals surface area contributed by atoms with E-state index in [1.54, 1.807) is 30.5 Å². The lowest BCUT2D eigenvalue weighted by atomic mass is 10.1. The Morgan fingerprint density at radius 3 is 2.72 bits per heavy atom. The Kier molecular flexibility index (Phi) is 3.50. The van der Waals surface area contributed by atoms with Crippen LogP contribution in [-0.4, -0.2) is 21.0 Å². The largest absolute Gasteiger partial charge is 0.478 e. The van der Waals surface area contributed by atoms with E-state index in [-0.39, 0.29) is 11.4 Å². The summed E-state index contributed by atoms with van der Waals surface area (Å²) in [5.41, 5.74) is 1.90. The normalized spacial score (nSPS) is 10.9. The van der Waals surface area contributed by atoms with Crippen LogP contribution in [0.25, 0.3) is 21.8 Å². The highest BCUT2D eigenvalue weighted by Crippen LogP contribution is 2.30. The number of nitrogens with zero attached hydrogens (tertiary/aromatic N) is 2. The number of carboxylic acids is 1. The number of aromatic nitrogens is 2. The molecule has 0 fully saturated rings. The third-order valence-corrected chi connectivity index (χ3v) is 3.88. The maximum Gasteiger partial charge on any atom is 0.335 e. The number of halogens is 1. The molecule has 2 aromatic heterocycles. The predicted molar refractivity (Wildman–Crippen MR) is 93.7 cm³/mol. The van der Waals surface area contributed by atoms with Crippen molar-refractivity contribution in [3.8, 4) is 0 Å². The average Bonchev–Trinajstić information content (AvgIpc) is 2.61. The molecular formula is C19H12FN3O2. The van der Waals surface area contributed by atoms with E-state index < -0.39 is 5.97 Å². The second-order valence-corrected chi connectivity index (χ2v) is 5.53. The van der Waals surface area contributed by atoms with Crippen molar-refractivity contribution in [1.29, 1.82) is 0 Å². The number of nitrogens with one attached hydrogen (secondary N) is 1. The van der Waals surface area contributed by atoms with Crippen LogP contribution in [0.4, 0.5) is 15.9 Å². The van der Waals surface area contributed by atoms with Crippen molar-refractivity contribution in [3.05, 3.63) is 72.2 Å². The third-order valence-electron chi connectivity index (χ3n) is 3.88. The van der Waals surface area contributed by atoms with Crippen LogP contribution in [0.15, 0.2) is 60.8 Å². The zero-order valence-corrected chi connectivity index (χ0v) is 12.9. The fourth-order valence-corrected chi connectivity index (χ4v) is 2.75. The van der Waals surface area contributed by atoms with E-state index in [4.69, 9.17) is 0 Å². The number of benzene rings is 2. The molecule has 0 aliphatic carbocycles. The molecule has 0 radical (unpaired) electrons. The lowest BCUT2D eigenvalue weighted by Crippen LogP contribution is -2.00. The summed E-state index contributed by atoms with van der Waals surface area (Å²) in [5, 5.41) is 13.8. The number of rotatable bonds is 3. The summed E-state index contributed by atoms with van der Waals surface area (Å²) in [6, 6.07) is 14.4. The van der Waals surface area contributed by atoms with E-state index in [1.807, 2.05) is 6.07 Å². The van der Waals surface area contributed by atoms with Crippen LogP contribution in [0, 0.1) is 5.82 Å². The summed E-state index contributed by atoms with van der Waals surface area (Å²) in [4.78, 5) is 20.2. The maximum absolute atomic E-state index is 13.4. The molecule has 2 aromatic carbocycles. The van der Waals surface area contributed by atoms with Gasteiger partial charge in [-0.1, -0.05) is 6.07 Å². The van der Waals surface area contributed by atoms with E-state index in [0.29, 0.717) is 22.5 Å². The second-order valence-electron chi connectivity index (χ2n) is 5.53. The quantitative estimate of drug-likeness (QED) is 0.545. The second kappa shape index (κ2) is 5.83. The maximum atomic E-state index is 13.4. The summed E-state index contributed by atoms with van der Waals surface area (Å²) in [5.74, 6) is -0.894. The molecule has 0 atom stereocenters. The molecule has 0 saturated heterocycles. The molecule has 2 N–H and O–H groups in total. The molecule has 0 amide bonds. The Hall–Kier alpha value is -3.54. The van der Waals surface area contributed by atoms with Gasteiger partial charge in [0, 0.05) is 22.7 Å². The first-order chi connectivity index (χ1) is 12.1. The summed E-state index contributed by atoms with van der Waals surface area (Å²) < 4.78 is 13.4. The number of anilines is 2. The van der Waals surface area contributed by atoms with Crippen molar-refractivity contribution >= 4 is 39.3 Å². The van der Waals surface area contributed by atoms with Crippen LogP contribution in [0.2, 0.25) is 0 Å². The Bertz CT molecular complexity index is 1130. The Morgan fingerprint density at radius 1 is 1.04 bits per heavy atom. The summed E-state index contributed by atoms with van der Waals surface area (Å²) in [7, 11) is 0. The van der Waals surface area contributed by atoms with E-state index >= 15 is 0 Å². The molecule has 0 bridgehead atoms. The molecule has 122 valence electrons. The Morgan fingerprint density at radius 2 is 1.92 bits per heavy atom. The SMILES string of the molecule is O=C(O)c1ccc2c(c1)nc(Nc1cccc(F)c1)c1cccnc12. The topological polar surface area (TPSA) is 75.1 Å². The first kappa shape index (κ1) is 15.0. The number of aromatic carboxylic acids is 1. The van der Waals surface area contributed by atoms with Gasteiger partial charge in [0.15, 0.2) is 0 Å². The minimum atomic E-state index is -1.02. The van der Waals surface area contributed by atoms with Crippen LogP contribution in [-0.2, 0) is 0 Å². The lowest BCUT2D eigenvalue weighted by Gasteiger charge is -2.11. The van der Waals surface area contributed by atoms with Gasteiger partial charge in [0.05, 0.1) is 16.6 Å². The van der Waals surface area contributed by atoms with Gasteiger partial charge < -0.3 is 10.4 Å². The summed E-state index contributed by atoms with van der Waals surface area (Å²) in [6.45, 7) is 0. The van der Waals surface area contributed by atoms with E-state index in [9.17, 15) is 14.3 Å². The zero-order valence-electron chi connectivity index (χ0n) is 12.9. The van der Waals surface area contributed by atoms with Gasteiger partial charge in [0.2, 0.25) is 0 Å². The molecule has 4 aromatic rings. The molecule has 0 aliphatic heterocycles. The van der Waals surface area contributed by atoms with Gasteiger partial charge in [-0.15, -0.1) is 0 Å².